The summed E-state index contributed by atoms with van der Waals surface area (Å²) in [5.41, 5.74) is 0.218. The molecule has 0 aromatic heterocycles. The molecule has 0 rings (SSSR count). The van der Waals surface area contributed by atoms with Crippen molar-refractivity contribution in [2.45, 2.75) is 65.7 Å². The van der Waals surface area contributed by atoms with Gasteiger partial charge in [0.1, 0.15) is 0 Å². The van der Waals surface area contributed by atoms with Crippen molar-refractivity contribution in [3.8, 4) is 0 Å². The smallest absolute Gasteiger partial charge is 0.0562 e. The third kappa shape index (κ3) is 12.0. The van der Waals surface area contributed by atoms with Crippen molar-refractivity contribution in [1.82, 2.24) is 10.6 Å². The molecular weight excluding hydrogens is 200 g/mol. The first-order chi connectivity index (χ1) is 7.31. The van der Waals surface area contributed by atoms with Gasteiger partial charge in [0.15, 0.2) is 0 Å². The van der Waals surface area contributed by atoms with Gasteiger partial charge in [-0.1, -0.05) is 0 Å². The van der Waals surface area contributed by atoms with E-state index >= 15 is 0 Å². The lowest BCUT2D eigenvalue weighted by molar-refractivity contribution is 0.0148. The molecule has 0 radical (unpaired) electrons. The van der Waals surface area contributed by atoms with Gasteiger partial charge < -0.3 is 15.4 Å². The van der Waals surface area contributed by atoms with Gasteiger partial charge in [0.2, 0.25) is 0 Å². The van der Waals surface area contributed by atoms with E-state index in [1.54, 1.807) is 0 Å². The van der Waals surface area contributed by atoms with Crippen molar-refractivity contribution in [3.63, 3.8) is 0 Å². The van der Waals surface area contributed by atoms with E-state index in [2.05, 4.69) is 52.2 Å². The van der Waals surface area contributed by atoms with Crippen LogP contribution in [0.1, 0.15) is 48.0 Å². The Kier molecular flexibility index (Phi) is 7.98. The highest BCUT2D eigenvalue weighted by Gasteiger charge is 2.07. The summed E-state index contributed by atoms with van der Waals surface area (Å²) in [6.45, 7) is 15.9. The fraction of sp³-hybridized carbons (Fsp3) is 1.00. The molecule has 98 valence electrons. The summed E-state index contributed by atoms with van der Waals surface area (Å²) >= 11 is 0. The Morgan fingerprint density at radius 2 is 1.62 bits per heavy atom. The maximum absolute atomic E-state index is 5.66. The molecule has 0 aromatic rings. The predicted octanol–water partition coefficient (Wildman–Crippen LogP) is 2.17. The van der Waals surface area contributed by atoms with Crippen LogP contribution in [0.4, 0.5) is 0 Å². The Morgan fingerprint density at radius 1 is 1.00 bits per heavy atom. The molecule has 2 N–H and O–H groups in total. The molecule has 1 unspecified atom stereocenters. The van der Waals surface area contributed by atoms with Crippen LogP contribution in [0.2, 0.25) is 0 Å². The van der Waals surface area contributed by atoms with Crippen LogP contribution in [-0.2, 0) is 4.74 Å². The summed E-state index contributed by atoms with van der Waals surface area (Å²) in [6, 6.07) is 0. The highest BCUT2D eigenvalue weighted by Crippen LogP contribution is 2.00. The van der Waals surface area contributed by atoms with Crippen LogP contribution in [0.25, 0.3) is 0 Å². The Balaban J connectivity index is 3.27. The molecule has 3 heteroatoms. The summed E-state index contributed by atoms with van der Waals surface area (Å²) < 4.78 is 5.66. The van der Waals surface area contributed by atoms with Gasteiger partial charge in [-0.2, -0.15) is 0 Å². The van der Waals surface area contributed by atoms with Gasteiger partial charge in [-0.15, -0.1) is 0 Å². The lowest BCUT2D eigenvalue weighted by Gasteiger charge is -2.21. The Morgan fingerprint density at radius 3 is 2.12 bits per heavy atom. The molecule has 0 fully saturated rings. The van der Waals surface area contributed by atoms with Crippen LogP contribution in [0.3, 0.4) is 0 Å². The second kappa shape index (κ2) is 8.04. The van der Waals surface area contributed by atoms with Crippen LogP contribution >= 0.6 is 0 Å². The number of nitrogens with one attached hydrogen (secondary N) is 2. The van der Waals surface area contributed by atoms with E-state index in [-0.39, 0.29) is 5.54 Å². The molecule has 0 bridgehead atoms. The van der Waals surface area contributed by atoms with Crippen molar-refractivity contribution < 1.29 is 4.74 Å². The number of hydrogen-bond donors (Lipinski definition) is 2. The first kappa shape index (κ1) is 15.9. The van der Waals surface area contributed by atoms with Crippen LogP contribution in [0.5, 0.6) is 0 Å². The first-order valence-corrected chi connectivity index (χ1v) is 6.42. The quantitative estimate of drug-likeness (QED) is 0.627. The van der Waals surface area contributed by atoms with Crippen molar-refractivity contribution in [2.24, 2.45) is 0 Å². The second-order valence-corrected chi connectivity index (χ2v) is 5.71. The molecule has 16 heavy (non-hydrogen) atoms. The fourth-order valence-corrected chi connectivity index (χ4v) is 1.49. The van der Waals surface area contributed by atoms with Gasteiger partial charge in [0, 0.05) is 18.6 Å². The van der Waals surface area contributed by atoms with Gasteiger partial charge in [-0.05, 0) is 54.5 Å². The highest BCUT2D eigenvalue weighted by atomic mass is 16.5. The summed E-state index contributed by atoms with van der Waals surface area (Å²) in [5.74, 6) is 0. The van der Waals surface area contributed by atoms with E-state index in [9.17, 15) is 0 Å². The Bertz CT molecular complexity index is 164. The Hall–Kier alpha value is -0.120. The maximum Gasteiger partial charge on any atom is 0.0562 e. The maximum atomic E-state index is 5.66. The van der Waals surface area contributed by atoms with E-state index in [1.807, 2.05) is 0 Å². The SMILES string of the molecule is CC(C)OC(C)CCNCCNC(C)(C)C. The minimum atomic E-state index is 0.218. The van der Waals surface area contributed by atoms with E-state index < -0.39 is 0 Å². The number of ether oxygens (including phenoxy) is 1. The van der Waals surface area contributed by atoms with Gasteiger partial charge >= 0.3 is 0 Å². The zero-order valence-corrected chi connectivity index (χ0v) is 11.9. The van der Waals surface area contributed by atoms with Crippen LogP contribution in [0, 0.1) is 0 Å². The first-order valence-electron chi connectivity index (χ1n) is 6.42. The summed E-state index contributed by atoms with van der Waals surface area (Å²) in [5, 5.41) is 6.87. The number of rotatable bonds is 8. The monoisotopic (exact) mass is 230 g/mol. The molecule has 0 aliphatic heterocycles. The van der Waals surface area contributed by atoms with Crippen molar-refractivity contribution in [3.05, 3.63) is 0 Å². The third-order valence-corrected chi connectivity index (χ3v) is 2.19. The lowest BCUT2D eigenvalue weighted by atomic mass is 10.1. The molecule has 0 aliphatic carbocycles. The van der Waals surface area contributed by atoms with E-state index in [0.717, 1.165) is 26.1 Å². The molecule has 0 saturated carbocycles. The minimum Gasteiger partial charge on any atom is -0.376 e. The van der Waals surface area contributed by atoms with Gasteiger partial charge in [-0.25, -0.2) is 0 Å². The van der Waals surface area contributed by atoms with E-state index in [4.69, 9.17) is 4.74 Å². The highest BCUT2D eigenvalue weighted by molar-refractivity contribution is 4.70. The zero-order chi connectivity index (χ0) is 12.6. The van der Waals surface area contributed by atoms with Gasteiger partial charge in [-0.3, -0.25) is 0 Å². The second-order valence-electron chi connectivity index (χ2n) is 5.71. The molecule has 3 nitrogen and oxygen atoms in total. The van der Waals surface area contributed by atoms with Gasteiger partial charge in [0.25, 0.3) is 0 Å². The largest absolute Gasteiger partial charge is 0.376 e. The molecule has 0 amide bonds. The van der Waals surface area contributed by atoms with E-state index in [0.29, 0.717) is 12.2 Å². The molecule has 0 saturated heterocycles. The Labute approximate surface area is 101 Å². The minimum absolute atomic E-state index is 0.218. The van der Waals surface area contributed by atoms with Crippen molar-refractivity contribution in [1.29, 1.82) is 0 Å². The topological polar surface area (TPSA) is 33.3 Å². The van der Waals surface area contributed by atoms with Crippen LogP contribution < -0.4 is 10.6 Å². The van der Waals surface area contributed by atoms with Crippen molar-refractivity contribution >= 4 is 0 Å². The standard InChI is InChI=1S/C13H30N2O/c1-11(2)16-12(3)7-8-14-9-10-15-13(4,5)6/h11-12,14-15H,7-10H2,1-6H3. The molecule has 0 spiro atoms. The lowest BCUT2D eigenvalue weighted by Crippen LogP contribution is -2.40. The molecular formula is C13H30N2O. The summed E-state index contributed by atoms with van der Waals surface area (Å²) in [7, 11) is 0. The summed E-state index contributed by atoms with van der Waals surface area (Å²) in [6.07, 6.45) is 1.76. The average molecular weight is 230 g/mol. The van der Waals surface area contributed by atoms with E-state index in [1.165, 1.54) is 0 Å². The van der Waals surface area contributed by atoms with Crippen LogP contribution in [0.15, 0.2) is 0 Å². The van der Waals surface area contributed by atoms with Gasteiger partial charge in [0.05, 0.1) is 12.2 Å². The molecule has 0 aliphatic rings. The molecule has 1 atom stereocenters. The zero-order valence-electron chi connectivity index (χ0n) is 11.9. The van der Waals surface area contributed by atoms with Crippen LogP contribution in [-0.4, -0.2) is 37.4 Å². The van der Waals surface area contributed by atoms with Crippen molar-refractivity contribution in [2.75, 3.05) is 19.6 Å². The normalized spacial score (nSPS) is 14.4. The third-order valence-electron chi connectivity index (χ3n) is 2.19. The molecule has 0 heterocycles. The predicted molar refractivity (Wildman–Crippen MR) is 70.9 cm³/mol. The number of hydrogen-bond acceptors (Lipinski definition) is 3. The fourth-order valence-electron chi connectivity index (χ4n) is 1.49. The average Bonchev–Trinajstić information content (AvgIpc) is 2.07. The summed E-state index contributed by atoms with van der Waals surface area (Å²) in [4.78, 5) is 0. The molecule has 0 aromatic carbocycles.